The highest BCUT2D eigenvalue weighted by Gasteiger charge is 2.05. The molecule has 0 radical (unpaired) electrons. The lowest BCUT2D eigenvalue weighted by Crippen LogP contribution is -3.00. The van der Waals surface area contributed by atoms with Crippen molar-refractivity contribution in [2.24, 2.45) is 5.73 Å². The van der Waals surface area contributed by atoms with Crippen molar-refractivity contribution in [3.05, 3.63) is 29.3 Å². The van der Waals surface area contributed by atoms with Crippen molar-refractivity contribution in [2.75, 3.05) is 6.54 Å². The van der Waals surface area contributed by atoms with Gasteiger partial charge in [0.05, 0.1) is 5.57 Å². The number of rotatable bonds is 3. The minimum Gasteiger partial charge on any atom is -1.00 e. The summed E-state index contributed by atoms with van der Waals surface area (Å²) in [7, 11) is 0. The lowest BCUT2D eigenvalue weighted by atomic mass is 10.1. The molecule has 5 N–H and O–H groups in total. The number of carboxylic acids is 1. The van der Waals surface area contributed by atoms with Gasteiger partial charge in [-0.05, 0) is 23.8 Å². The van der Waals surface area contributed by atoms with Crippen LogP contribution in [0.1, 0.15) is 5.56 Å². The van der Waals surface area contributed by atoms with E-state index in [1.165, 1.54) is 24.3 Å². The van der Waals surface area contributed by atoms with Crippen LogP contribution in [0, 0.1) is 0 Å². The number of aliphatic carboxylic acids is 1. The number of nitrogens with two attached hydrogens (primary N) is 1. The Bertz CT molecular complexity index is 417. The number of hydrogen-bond donors (Lipinski definition) is 4. The molecule has 1 rings (SSSR count). The van der Waals surface area contributed by atoms with Crippen LogP contribution in [0.4, 0.5) is 0 Å². The van der Waals surface area contributed by atoms with Crippen molar-refractivity contribution < 1.29 is 32.5 Å². The Labute approximate surface area is 98.2 Å². The summed E-state index contributed by atoms with van der Waals surface area (Å²) >= 11 is 0. The Morgan fingerprint density at radius 3 is 2.38 bits per heavy atom. The Morgan fingerprint density at radius 2 is 1.94 bits per heavy atom. The normalized spacial score (nSPS) is 10.7. The summed E-state index contributed by atoms with van der Waals surface area (Å²) in [5.74, 6) is -1.66. The highest BCUT2D eigenvalue weighted by Crippen LogP contribution is 2.25. The van der Waals surface area contributed by atoms with E-state index in [-0.39, 0.29) is 36.0 Å². The predicted octanol–water partition coefficient (Wildman–Crippen LogP) is -2.47. The van der Waals surface area contributed by atoms with Crippen LogP contribution in [-0.4, -0.2) is 27.8 Å². The Hall–Kier alpha value is -1.72. The fourth-order valence-corrected chi connectivity index (χ4v) is 1.04. The lowest BCUT2D eigenvalue weighted by Gasteiger charge is -2.01. The van der Waals surface area contributed by atoms with Crippen LogP contribution in [0.25, 0.3) is 6.08 Å². The summed E-state index contributed by atoms with van der Waals surface area (Å²) in [4.78, 5) is 10.6. The summed E-state index contributed by atoms with van der Waals surface area (Å²) in [6.07, 6.45) is 1.33. The molecule has 0 unspecified atom stereocenters. The monoisotopic (exact) mass is 244 g/mol. The first-order valence-electron chi connectivity index (χ1n) is 4.20. The van der Waals surface area contributed by atoms with Gasteiger partial charge in [0.1, 0.15) is 0 Å². The van der Waals surface area contributed by atoms with Gasteiger partial charge in [-0.3, -0.25) is 0 Å². The van der Waals surface area contributed by atoms with Gasteiger partial charge in [0, 0.05) is 6.54 Å². The zero-order valence-electron chi connectivity index (χ0n) is 8.22. The van der Waals surface area contributed by atoms with Crippen molar-refractivity contribution in [1.82, 2.24) is 0 Å². The average molecular weight is 245 g/mol. The number of hydrogen-bond acceptors (Lipinski definition) is 4. The number of halogens is 1. The zero-order chi connectivity index (χ0) is 11.4. The molecule has 0 saturated heterocycles. The first-order valence-corrected chi connectivity index (χ1v) is 4.20. The molecule has 0 heterocycles. The van der Waals surface area contributed by atoms with Gasteiger partial charge >= 0.3 is 5.97 Å². The van der Waals surface area contributed by atoms with E-state index in [1.807, 2.05) is 0 Å². The number of carbonyl (C=O) groups is 1. The van der Waals surface area contributed by atoms with Gasteiger partial charge in [-0.15, -0.1) is 0 Å². The van der Waals surface area contributed by atoms with Crippen molar-refractivity contribution in [3.63, 3.8) is 0 Å². The minimum atomic E-state index is -1.11. The number of aromatic hydroxyl groups is 2. The second-order valence-corrected chi connectivity index (χ2v) is 2.93. The van der Waals surface area contributed by atoms with Crippen LogP contribution < -0.4 is 18.1 Å². The van der Waals surface area contributed by atoms with Crippen molar-refractivity contribution in [2.45, 2.75) is 0 Å². The number of phenols is 2. The topological polar surface area (TPSA) is 104 Å². The number of benzene rings is 1. The molecular formula is C10H11ClNO4-. The van der Waals surface area contributed by atoms with Gasteiger partial charge in [-0.2, -0.15) is 0 Å². The third-order valence-electron chi connectivity index (χ3n) is 1.83. The molecule has 5 nitrogen and oxygen atoms in total. The fraction of sp³-hybridized carbons (Fsp3) is 0.100. The van der Waals surface area contributed by atoms with Gasteiger partial charge in [-0.1, -0.05) is 6.07 Å². The van der Waals surface area contributed by atoms with Gasteiger partial charge in [0.15, 0.2) is 11.5 Å². The summed E-state index contributed by atoms with van der Waals surface area (Å²) in [5, 5.41) is 26.9. The summed E-state index contributed by atoms with van der Waals surface area (Å²) < 4.78 is 0. The molecule has 0 aromatic heterocycles. The molecule has 0 spiro atoms. The molecule has 0 amide bonds. The Kier molecular flexibility index (Phi) is 5.35. The van der Waals surface area contributed by atoms with Crippen LogP contribution in [0.3, 0.4) is 0 Å². The molecule has 88 valence electrons. The quantitative estimate of drug-likeness (QED) is 0.349. The van der Waals surface area contributed by atoms with Crippen LogP contribution in [0.2, 0.25) is 0 Å². The van der Waals surface area contributed by atoms with Crippen molar-refractivity contribution >= 4 is 12.0 Å². The lowest BCUT2D eigenvalue weighted by molar-refractivity contribution is -0.132. The number of phenolic OH excluding ortho intramolecular Hbond substituents is 2. The molecule has 0 aliphatic rings. The molecule has 0 aliphatic heterocycles. The molecule has 1 aromatic rings. The largest absolute Gasteiger partial charge is 1.00 e. The molecule has 0 fully saturated rings. The van der Waals surface area contributed by atoms with E-state index in [1.54, 1.807) is 0 Å². The second-order valence-electron chi connectivity index (χ2n) is 2.93. The SMILES string of the molecule is NC/C(=C\c1ccc(O)c(O)c1)C(=O)O.[Cl-]. The van der Waals surface area contributed by atoms with E-state index in [0.717, 1.165) is 0 Å². The fourth-order valence-electron chi connectivity index (χ4n) is 1.04. The molecule has 6 heteroatoms. The first kappa shape index (κ1) is 14.3. The van der Waals surface area contributed by atoms with Crippen LogP contribution in [-0.2, 0) is 4.79 Å². The molecular weight excluding hydrogens is 234 g/mol. The zero-order valence-corrected chi connectivity index (χ0v) is 8.98. The number of carboxylic acid groups (broad SMARTS) is 1. The standard InChI is InChI=1S/C10H11NO4.ClH/c11-5-7(10(14)15)3-6-1-2-8(12)9(13)4-6;/h1-4,12-13H,5,11H2,(H,14,15);1H/p-1/b7-3+;. The van der Waals surface area contributed by atoms with E-state index in [4.69, 9.17) is 21.1 Å². The minimum absolute atomic E-state index is 0. The van der Waals surface area contributed by atoms with Gasteiger partial charge in [0.25, 0.3) is 0 Å². The van der Waals surface area contributed by atoms with E-state index in [0.29, 0.717) is 5.56 Å². The molecule has 1 aromatic carbocycles. The highest BCUT2D eigenvalue weighted by molar-refractivity contribution is 5.92. The molecule has 0 aliphatic carbocycles. The summed E-state index contributed by atoms with van der Waals surface area (Å²) in [6, 6.07) is 4.01. The molecule has 0 atom stereocenters. The van der Waals surface area contributed by atoms with E-state index in [2.05, 4.69) is 0 Å². The molecule has 0 saturated carbocycles. The van der Waals surface area contributed by atoms with E-state index >= 15 is 0 Å². The maximum atomic E-state index is 10.6. The average Bonchev–Trinajstić information content (AvgIpc) is 2.19. The van der Waals surface area contributed by atoms with Gasteiger partial charge in [0.2, 0.25) is 0 Å². The van der Waals surface area contributed by atoms with Gasteiger partial charge < -0.3 is 33.5 Å². The third kappa shape index (κ3) is 3.45. The second kappa shape index (κ2) is 5.99. The van der Waals surface area contributed by atoms with E-state index < -0.39 is 5.97 Å². The first-order chi connectivity index (χ1) is 7.04. The maximum absolute atomic E-state index is 10.6. The van der Waals surface area contributed by atoms with Crippen LogP contribution >= 0.6 is 0 Å². The Morgan fingerprint density at radius 1 is 1.31 bits per heavy atom. The van der Waals surface area contributed by atoms with Crippen LogP contribution in [0.15, 0.2) is 23.8 Å². The summed E-state index contributed by atoms with van der Waals surface area (Å²) in [6.45, 7) is -0.100. The Balaban J connectivity index is 0.00000225. The van der Waals surface area contributed by atoms with E-state index in [9.17, 15) is 4.79 Å². The third-order valence-corrected chi connectivity index (χ3v) is 1.83. The maximum Gasteiger partial charge on any atom is 0.332 e. The van der Waals surface area contributed by atoms with Crippen molar-refractivity contribution in [1.29, 1.82) is 0 Å². The molecule has 0 bridgehead atoms. The molecule has 16 heavy (non-hydrogen) atoms. The smallest absolute Gasteiger partial charge is 0.332 e. The van der Waals surface area contributed by atoms with Crippen LogP contribution in [0.5, 0.6) is 11.5 Å². The van der Waals surface area contributed by atoms with Gasteiger partial charge in [-0.25, -0.2) is 4.79 Å². The summed E-state index contributed by atoms with van der Waals surface area (Å²) in [5.41, 5.74) is 5.72. The highest BCUT2D eigenvalue weighted by atomic mass is 35.5. The predicted molar refractivity (Wildman–Crippen MR) is 54.4 cm³/mol. The van der Waals surface area contributed by atoms with Crippen molar-refractivity contribution in [3.8, 4) is 11.5 Å².